The van der Waals surface area contributed by atoms with Crippen molar-refractivity contribution in [2.75, 3.05) is 11.6 Å². The van der Waals surface area contributed by atoms with E-state index >= 15 is 0 Å². The average molecular weight is 365 g/mol. The predicted molar refractivity (Wildman–Crippen MR) is 103 cm³/mol. The highest BCUT2D eigenvalue weighted by Crippen LogP contribution is 2.26. The molecule has 1 amide bonds. The van der Waals surface area contributed by atoms with E-state index in [9.17, 15) is 14.9 Å². The molecule has 138 valence electrons. The van der Waals surface area contributed by atoms with Crippen LogP contribution in [0, 0.1) is 16.0 Å². The smallest absolute Gasteiger partial charge is 0.269 e. The fourth-order valence-corrected chi connectivity index (χ4v) is 2.93. The first kappa shape index (κ1) is 18.4. The van der Waals surface area contributed by atoms with Gasteiger partial charge in [0.2, 0.25) is 0 Å². The molecule has 8 heteroatoms. The SMILES string of the molecule is CC(=NCCc1ccccn1)[C@H]1C(=O)N(c2ccc([N+](=O)[O-])cc2)N=C1C. The Morgan fingerprint density at radius 3 is 2.63 bits per heavy atom. The molecule has 0 saturated carbocycles. The molecule has 0 saturated heterocycles. The van der Waals surface area contributed by atoms with E-state index < -0.39 is 10.8 Å². The maximum absolute atomic E-state index is 12.8. The summed E-state index contributed by atoms with van der Waals surface area (Å²) in [5.74, 6) is -0.718. The Kier molecular flexibility index (Phi) is 5.35. The van der Waals surface area contributed by atoms with Crippen LogP contribution in [0.25, 0.3) is 0 Å². The van der Waals surface area contributed by atoms with Crippen molar-refractivity contribution >= 4 is 28.7 Å². The standard InChI is InChI=1S/C19H19N5O3/c1-13(20-12-10-15-5-3-4-11-21-15)18-14(2)22-23(19(18)25)16-6-8-17(9-7-16)24(26)27/h3-9,11,18H,10,12H2,1-2H3/t18-/m1/s1. The lowest BCUT2D eigenvalue weighted by Gasteiger charge is -2.14. The summed E-state index contributed by atoms with van der Waals surface area (Å²) in [4.78, 5) is 31.9. The fourth-order valence-electron chi connectivity index (χ4n) is 2.93. The quantitative estimate of drug-likeness (QED) is 0.446. The summed E-state index contributed by atoms with van der Waals surface area (Å²) in [5.41, 5.74) is 2.76. The Morgan fingerprint density at radius 2 is 2.00 bits per heavy atom. The van der Waals surface area contributed by atoms with E-state index in [1.54, 1.807) is 13.1 Å². The molecule has 0 bridgehead atoms. The van der Waals surface area contributed by atoms with E-state index in [-0.39, 0.29) is 11.6 Å². The summed E-state index contributed by atoms with van der Waals surface area (Å²) in [5, 5.41) is 16.4. The number of nitro benzene ring substituents is 1. The Morgan fingerprint density at radius 1 is 1.26 bits per heavy atom. The molecule has 27 heavy (non-hydrogen) atoms. The second-order valence-electron chi connectivity index (χ2n) is 6.19. The van der Waals surface area contributed by atoms with Gasteiger partial charge in [-0.2, -0.15) is 10.1 Å². The topological polar surface area (TPSA) is 101 Å². The Balaban J connectivity index is 1.70. The van der Waals surface area contributed by atoms with E-state index in [1.807, 2.05) is 25.1 Å². The first-order chi connectivity index (χ1) is 13.0. The van der Waals surface area contributed by atoms with Crippen LogP contribution in [0.1, 0.15) is 19.5 Å². The van der Waals surface area contributed by atoms with Crippen molar-refractivity contribution in [3.8, 4) is 0 Å². The van der Waals surface area contributed by atoms with E-state index in [0.717, 1.165) is 5.69 Å². The summed E-state index contributed by atoms with van der Waals surface area (Å²) in [6, 6.07) is 11.5. The molecule has 1 aromatic heterocycles. The zero-order chi connectivity index (χ0) is 19.4. The lowest BCUT2D eigenvalue weighted by Crippen LogP contribution is -2.31. The molecule has 3 rings (SSSR count). The molecule has 1 aliphatic heterocycles. The third kappa shape index (κ3) is 4.05. The summed E-state index contributed by atoms with van der Waals surface area (Å²) < 4.78 is 0. The lowest BCUT2D eigenvalue weighted by molar-refractivity contribution is -0.384. The number of hydrazone groups is 1. The van der Waals surface area contributed by atoms with Crippen molar-refractivity contribution in [2.24, 2.45) is 16.0 Å². The molecule has 8 nitrogen and oxygen atoms in total. The summed E-state index contributed by atoms with van der Waals surface area (Å²) in [6.07, 6.45) is 2.44. The minimum atomic E-state index is -0.510. The molecule has 0 fully saturated rings. The van der Waals surface area contributed by atoms with Gasteiger partial charge >= 0.3 is 0 Å². The number of rotatable bonds is 6. The number of carbonyl (C=O) groups excluding carboxylic acids is 1. The number of hydrogen-bond acceptors (Lipinski definition) is 6. The Hall–Kier alpha value is -3.42. The monoisotopic (exact) mass is 365 g/mol. The van der Waals surface area contributed by atoms with Gasteiger partial charge in [0.25, 0.3) is 11.6 Å². The van der Waals surface area contributed by atoms with E-state index in [4.69, 9.17) is 0 Å². The number of pyridine rings is 1. The highest BCUT2D eigenvalue weighted by Gasteiger charge is 2.36. The zero-order valence-electron chi connectivity index (χ0n) is 15.1. The summed E-state index contributed by atoms with van der Waals surface area (Å²) in [6.45, 7) is 4.14. The van der Waals surface area contributed by atoms with Crippen LogP contribution in [0.5, 0.6) is 0 Å². The third-order valence-corrected chi connectivity index (χ3v) is 4.31. The van der Waals surface area contributed by atoms with Crippen molar-refractivity contribution < 1.29 is 9.72 Å². The maximum Gasteiger partial charge on any atom is 0.269 e. The van der Waals surface area contributed by atoms with Crippen molar-refractivity contribution in [2.45, 2.75) is 20.3 Å². The van der Waals surface area contributed by atoms with Gasteiger partial charge in [-0.25, -0.2) is 0 Å². The highest BCUT2D eigenvalue weighted by molar-refractivity contribution is 6.27. The molecule has 1 aliphatic rings. The molecule has 0 spiro atoms. The number of hydrogen-bond donors (Lipinski definition) is 0. The van der Waals surface area contributed by atoms with E-state index in [2.05, 4.69) is 15.1 Å². The minimum absolute atomic E-state index is 0.0325. The van der Waals surface area contributed by atoms with Crippen LogP contribution < -0.4 is 5.01 Å². The minimum Gasteiger partial charge on any atom is -0.293 e. The third-order valence-electron chi connectivity index (χ3n) is 4.31. The van der Waals surface area contributed by atoms with Crippen LogP contribution in [0.3, 0.4) is 0 Å². The van der Waals surface area contributed by atoms with Gasteiger partial charge in [-0.1, -0.05) is 6.07 Å². The van der Waals surface area contributed by atoms with Crippen molar-refractivity contribution in [1.29, 1.82) is 0 Å². The number of anilines is 1. The number of aromatic nitrogens is 1. The fraction of sp³-hybridized carbons (Fsp3) is 0.263. The van der Waals surface area contributed by atoms with Gasteiger partial charge in [-0.05, 0) is 38.1 Å². The number of carbonyl (C=O) groups is 1. The first-order valence-electron chi connectivity index (χ1n) is 8.51. The molecular weight excluding hydrogens is 346 g/mol. The molecule has 1 atom stereocenters. The largest absolute Gasteiger partial charge is 0.293 e. The predicted octanol–water partition coefficient (Wildman–Crippen LogP) is 3.03. The lowest BCUT2D eigenvalue weighted by atomic mass is 9.99. The van der Waals surface area contributed by atoms with Gasteiger partial charge < -0.3 is 0 Å². The van der Waals surface area contributed by atoms with E-state index in [1.165, 1.54) is 29.3 Å². The van der Waals surface area contributed by atoms with Gasteiger partial charge in [0.05, 0.1) is 16.3 Å². The molecule has 0 radical (unpaired) electrons. The molecule has 2 aromatic rings. The number of aliphatic imine (C=N–C) groups is 1. The summed E-state index contributed by atoms with van der Waals surface area (Å²) in [7, 11) is 0. The Labute approximate surface area is 156 Å². The van der Waals surface area contributed by atoms with Gasteiger partial charge in [-0.3, -0.25) is 24.9 Å². The van der Waals surface area contributed by atoms with Gasteiger partial charge in [-0.15, -0.1) is 0 Å². The molecule has 1 aromatic carbocycles. The van der Waals surface area contributed by atoms with Crippen LogP contribution >= 0.6 is 0 Å². The van der Waals surface area contributed by atoms with Crippen molar-refractivity contribution in [1.82, 2.24) is 4.98 Å². The average Bonchev–Trinajstić information content (AvgIpc) is 2.97. The Bertz CT molecular complexity index is 907. The molecule has 0 unspecified atom stereocenters. The molecule has 0 N–H and O–H groups in total. The van der Waals surface area contributed by atoms with Gasteiger partial charge in [0, 0.05) is 42.7 Å². The zero-order valence-corrected chi connectivity index (χ0v) is 15.1. The van der Waals surface area contributed by atoms with Crippen LogP contribution in [-0.2, 0) is 11.2 Å². The normalized spacial score (nSPS) is 17.2. The van der Waals surface area contributed by atoms with Crippen molar-refractivity contribution in [3.05, 3.63) is 64.5 Å². The first-order valence-corrected chi connectivity index (χ1v) is 8.51. The second kappa shape index (κ2) is 7.86. The number of nitro groups is 1. The number of amides is 1. The van der Waals surface area contributed by atoms with Gasteiger partial charge in [0.1, 0.15) is 5.92 Å². The van der Waals surface area contributed by atoms with Gasteiger partial charge in [0.15, 0.2) is 0 Å². The van der Waals surface area contributed by atoms with Crippen LogP contribution in [0.2, 0.25) is 0 Å². The second-order valence-corrected chi connectivity index (χ2v) is 6.19. The molecular formula is C19H19N5O3. The number of non-ortho nitro benzene ring substituents is 1. The maximum atomic E-state index is 12.8. The van der Waals surface area contributed by atoms with Crippen LogP contribution in [-0.4, -0.2) is 33.8 Å². The molecule has 2 heterocycles. The van der Waals surface area contributed by atoms with Crippen molar-refractivity contribution in [3.63, 3.8) is 0 Å². The summed E-state index contributed by atoms with van der Waals surface area (Å²) >= 11 is 0. The van der Waals surface area contributed by atoms with Crippen LogP contribution in [0.4, 0.5) is 11.4 Å². The van der Waals surface area contributed by atoms with E-state index in [0.29, 0.717) is 30.1 Å². The number of nitrogens with zero attached hydrogens (tertiary/aromatic N) is 5. The number of benzene rings is 1. The van der Waals surface area contributed by atoms with Crippen LogP contribution in [0.15, 0.2) is 58.8 Å². The highest BCUT2D eigenvalue weighted by atomic mass is 16.6. The molecule has 0 aliphatic carbocycles.